The van der Waals surface area contributed by atoms with Crippen LogP contribution in [0.2, 0.25) is 5.02 Å². The van der Waals surface area contributed by atoms with E-state index in [2.05, 4.69) is 5.32 Å². The lowest BCUT2D eigenvalue weighted by Crippen LogP contribution is -2.66. The molecule has 0 unspecified atom stereocenters. The van der Waals surface area contributed by atoms with Crippen LogP contribution in [0.1, 0.15) is 24.8 Å². The molecule has 0 aromatic heterocycles. The van der Waals surface area contributed by atoms with Gasteiger partial charge in [0.25, 0.3) is 5.91 Å². The molecule has 0 bridgehead atoms. The summed E-state index contributed by atoms with van der Waals surface area (Å²) in [4.78, 5) is 12.2. The van der Waals surface area contributed by atoms with Gasteiger partial charge in [-0.25, -0.2) is 0 Å². The Morgan fingerprint density at radius 2 is 2.22 bits per heavy atom. The van der Waals surface area contributed by atoms with Crippen LogP contribution in [0, 0.1) is 12.3 Å². The van der Waals surface area contributed by atoms with Crippen molar-refractivity contribution in [3.63, 3.8) is 0 Å². The van der Waals surface area contributed by atoms with Gasteiger partial charge in [0.15, 0.2) is 6.61 Å². The highest BCUT2D eigenvalue weighted by atomic mass is 35.5. The van der Waals surface area contributed by atoms with E-state index >= 15 is 0 Å². The summed E-state index contributed by atoms with van der Waals surface area (Å²) in [5, 5.41) is 13.8. The minimum absolute atomic E-state index is 0.00353. The number of nitrogens with one attached hydrogen (secondary N) is 1. The molecule has 6 heteroatoms. The van der Waals surface area contributed by atoms with Crippen molar-refractivity contribution in [2.45, 2.75) is 38.3 Å². The molecule has 1 heterocycles. The maximum Gasteiger partial charge on any atom is 0.258 e. The molecular formula is C17H22ClNO4. The first-order valence-corrected chi connectivity index (χ1v) is 8.33. The number of aliphatic hydroxyl groups excluding tert-OH is 1. The molecule has 2 aliphatic rings. The van der Waals surface area contributed by atoms with Crippen molar-refractivity contribution in [1.29, 1.82) is 0 Å². The highest BCUT2D eigenvalue weighted by molar-refractivity contribution is 6.30. The van der Waals surface area contributed by atoms with Gasteiger partial charge < -0.3 is 19.9 Å². The maximum atomic E-state index is 12.2. The molecule has 5 nitrogen and oxygen atoms in total. The number of rotatable bonds is 4. The van der Waals surface area contributed by atoms with Crippen LogP contribution in [-0.2, 0) is 9.53 Å². The number of benzene rings is 1. The highest BCUT2D eigenvalue weighted by Crippen LogP contribution is 2.48. The molecule has 1 aromatic carbocycles. The van der Waals surface area contributed by atoms with Gasteiger partial charge in [-0.15, -0.1) is 0 Å². The predicted molar refractivity (Wildman–Crippen MR) is 86.7 cm³/mol. The van der Waals surface area contributed by atoms with Crippen molar-refractivity contribution >= 4 is 17.5 Å². The fourth-order valence-electron chi connectivity index (χ4n) is 3.55. The number of hydrogen-bond acceptors (Lipinski definition) is 4. The SMILES string of the molecule is Cc1cc(Cl)ccc1OCC(=O)N[C@@H]1C[C@@H](O)C12CCOCC2. The summed E-state index contributed by atoms with van der Waals surface area (Å²) in [5.41, 5.74) is 0.676. The van der Waals surface area contributed by atoms with Gasteiger partial charge in [-0.05, 0) is 49.9 Å². The van der Waals surface area contributed by atoms with Gasteiger partial charge in [-0.1, -0.05) is 11.6 Å². The topological polar surface area (TPSA) is 67.8 Å². The van der Waals surface area contributed by atoms with E-state index in [1.165, 1.54) is 0 Å². The molecule has 3 rings (SSSR count). The van der Waals surface area contributed by atoms with Crippen molar-refractivity contribution < 1.29 is 19.4 Å². The van der Waals surface area contributed by atoms with Crippen LogP contribution in [0.15, 0.2) is 18.2 Å². The molecule has 1 aliphatic carbocycles. The third-order valence-electron chi connectivity index (χ3n) is 5.07. The third kappa shape index (κ3) is 3.32. The lowest BCUT2D eigenvalue weighted by atomic mass is 9.58. The zero-order valence-electron chi connectivity index (χ0n) is 13.2. The summed E-state index contributed by atoms with van der Waals surface area (Å²) in [6.07, 6.45) is 1.83. The highest BCUT2D eigenvalue weighted by Gasteiger charge is 2.55. The number of carbonyl (C=O) groups is 1. The molecule has 1 saturated carbocycles. The van der Waals surface area contributed by atoms with Crippen LogP contribution in [0.3, 0.4) is 0 Å². The Hall–Kier alpha value is -1.30. The number of ether oxygens (including phenoxy) is 2. The second-order valence-corrected chi connectivity index (χ2v) is 6.85. The summed E-state index contributed by atoms with van der Waals surface area (Å²) in [5.74, 6) is 0.487. The molecule has 2 N–H and O–H groups in total. The van der Waals surface area contributed by atoms with Crippen LogP contribution < -0.4 is 10.1 Å². The van der Waals surface area contributed by atoms with Gasteiger partial charge in [0.05, 0.1) is 6.10 Å². The first-order chi connectivity index (χ1) is 11.0. The van der Waals surface area contributed by atoms with E-state index in [1.807, 2.05) is 6.92 Å². The van der Waals surface area contributed by atoms with Crippen molar-refractivity contribution in [3.8, 4) is 5.75 Å². The first-order valence-electron chi connectivity index (χ1n) is 7.95. The summed E-state index contributed by atoms with van der Waals surface area (Å²) in [6, 6.07) is 5.30. The molecule has 23 heavy (non-hydrogen) atoms. The van der Waals surface area contributed by atoms with E-state index < -0.39 is 0 Å². The zero-order chi connectivity index (χ0) is 16.4. The van der Waals surface area contributed by atoms with E-state index in [9.17, 15) is 9.90 Å². The van der Waals surface area contributed by atoms with Crippen LogP contribution in [0.4, 0.5) is 0 Å². The van der Waals surface area contributed by atoms with Crippen molar-refractivity contribution in [2.75, 3.05) is 19.8 Å². The molecule has 1 spiro atoms. The van der Waals surface area contributed by atoms with E-state index in [0.717, 1.165) is 18.4 Å². The quantitative estimate of drug-likeness (QED) is 0.881. The monoisotopic (exact) mass is 339 g/mol. The predicted octanol–water partition coefficient (Wildman–Crippen LogP) is 2.07. The van der Waals surface area contributed by atoms with Crippen LogP contribution >= 0.6 is 11.6 Å². The van der Waals surface area contributed by atoms with Crippen molar-refractivity contribution in [2.24, 2.45) is 5.41 Å². The number of aliphatic hydroxyl groups is 1. The number of amides is 1. The Morgan fingerprint density at radius 1 is 1.48 bits per heavy atom. The largest absolute Gasteiger partial charge is 0.484 e. The molecule has 1 aromatic rings. The third-order valence-corrected chi connectivity index (χ3v) is 5.31. The molecular weight excluding hydrogens is 318 g/mol. The van der Waals surface area contributed by atoms with E-state index in [1.54, 1.807) is 18.2 Å². The fraction of sp³-hybridized carbons (Fsp3) is 0.588. The number of hydrogen-bond donors (Lipinski definition) is 2. The average molecular weight is 340 g/mol. The Bertz CT molecular complexity index is 586. The Labute approximate surface area is 140 Å². The Balaban J connectivity index is 1.53. The average Bonchev–Trinajstić information content (AvgIpc) is 2.54. The summed E-state index contributed by atoms with van der Waals surface area (Å²) >= 11 is 5.90. The second kappa shape index (κ2) is 6.67. The maximum absolute atomic E-state index is 12.2. The summed E-state index contributed by atoms with van der Waals surface area (Å²) < 4.78 is 10.9. The van der Waals surface area contributed by atoms with Crippen LogP contribution in [-0.4, -0.2) is 43.0 Å². The van der Waals surface area contributed by atoms with Gasteiger partial charge in [0.2, 0.25) is 0 Å². The minimum Gasteiger partial charge on any atom is -0.484 e. The molecule has 1 amide bonds. The lowest BCUT2D eigenvalue weighted by molar-refractivity contribution is -0.156. The zero-order valence-corrected chi connectivity index (χ0v) is 13.9. The number of halogens is 1. The molecule has 0 radical (unpaired) electrons. The Kier molecular flexibility index (Phi) is 4.80. The van der Waals surface area contributed by atoms with Crippen molar-refractivity contribution in [1.82, 2.24) is 5.32 Å². The molecule has 126 valence electrons. The minimum atomic E-state index is -0.351. The Morgan fingerprint density at radius 3 is 2.87 bits per heavy atom. The molecule has 2 atom stereocenters. The lowest BCUT2D eigenvalue weighted by Gasteiger charge is -2.55. The summed E-state index contributed by atoms with van der Waals surface area (Å²) in [6.45, 7) is 3.13. The van der Waals surface area contributed by atoms with Gasteiger partial charge >= 0.3 is 0 Å². The standard InChI is InChI=1S/C17H22ClNO4/c1-11-8-12(18)2-3-13(11)23-10-16(21)19-14-9-15(20)17(14)4-6-22-7-5-17/h2-3,8,14-15,20H,4-7,9-10H2,1H3,(H,19,21)/t14-,15-/m1/s1. The number of carbonyl (C=O) groups excluding carboxylic acids is 1. The van der Waals surface area contributed by atoms with E-state index in [0.29, 0.717) is 30.4 Å². The normalized spacial score (nSPS) is 25.7. The van der Waals surface area contributed by atoms with E-state index in [4.69, 9.17) is 21.1 Å². The van der Waals surface area contributed by atoms with Crippen LogP contribution in [0.25, 0.3) is 0 Å². The smallest absolute Gasteiger partial charge is 0.258 e. The van der Waals surface area contributed by atoms with Crippen molar-refractivity contribution in [3.05, 3.63) is 28.8 Å². The second-order valence-electron chi connectivity index (χ2n) is 6.42. The van der Waals surface area contributed by atoms with Gasteiger partial charge in [0.1, 0.15) is 5.75 Å². The number of aryl methyl sites for hydroxylation is 1. The molecule has 1 saturated heterocycles. The summed E-state index contributed by atoms with van der Waals surface area (Å²) in [7, 11) is 0. The molecule has 2 fully saturated rings. The fourth-order valence-corrected chi connectivity index (χ4v) is 3.78. The van der Waals surface area contributed by atoms with Gasteiger partial charge in [0, 0.05) is 29.7 Å². The molecule has 1 aliphatic heterocycles. The van der Waals surface area contributed by atoms with Crippen LogP contribution in [0.5, 0.6) is 5.75 Å². The van der Waals surface area contributed by atoms with Gasteiger partial charge in [-0.2, -0.15) is 0 Å². The van der Waals surface area contributed by atoms with Gasteiger partial charge in [-0.3, -0.25) is 4.79 Å². The first kappa shape index (κ1) is 16.6. The van der Waals surface area contributed by atoms with E-state index in [-0.39, 0.29) is 30.1 Å².